The molecule has 12 heteroatoms. The molecule has 1 amide bonds. The molecule has 0 radical (unpaired) electrons. The van der Waals surface area contributed by atoms with Crippen molar-refractivity contribution in [3.8, 4) is 5.88 Å². The second kappa shape index (κ2) is 9.20. The van der Waals surface area contributed by atoms with Gasteiger partial charge in [0, 0.05) is 30.8 Å². The van der Waals surface area contributed by atoms with Crippen LogP contribution in [0.4, 0.5) is 19.1 Å². The Hall–Kier alpha value is -2.40. The third-order valence-electron chi connectivity index (χ3n) is 4.09. The van der Waals surface area contributed by atoms with Crippen LogP contribution in [0, 0.1) is 0 Å². The molecular formula is C16H20ClF3N6O2. The van der Waals surface area contributed by atoms with E-state index in [0.29, 0.717) is 5.82 Å². The van der Waals surface area contributed by atoms with Crippen molar-refractivity contribution >= 4 is 24.3 Å². The van der Waals surface area contributed by atoms with Gasteiger partial charge in [0.15, 0.2) is 12.4 Å². The van der Waals surface area contributed by atoms with Gasteiger partial charge >= 0.3 is 6.18 Å². The van der Waals surface area contributed by atoms with Gasteiger partial charge in [-0.1, -0.05) is 0 Å². The minimum Gasteiger partial charge on any atom is -0.468 e. The Labute approximate surface area is 165 Å². The molecule has 3 rings (SSSR count). The number of piperidine rings is 1. The molecule has 3 heterocycles. The number of hydrogen-bond acceptors (Lipinski definition) is 6. The number of carbonyl (C=O) groups is 1. The van der Waals surface area contributed by atoms with E-state index in [1.54, 1.807) is 7.05 Å². The van der Waals surface area contributed by atoms with E-state index in [9.17, 15) is 18.0 Å². The summed E-state index contributed by atoms with van der Waals surface area (Å²) in [5.41, 5.74) is 0.105. The zero-order valence-corrected chi connectivity index (χ0v) is 15.8. The molecule has 1 aliphatic rings. The Kier molecular flexibility index (Phi) is 7.19. The van der Waals surface area contributed by atoms with Crippen LogP contribution in [0.2, 0.25) is 0 Å². The number of nitrogens with zero attached hydrogens (tertiary/aromatic N) is 4. The van der Waals surface area contributed by atoms with Gasteiger partial charge in [-0.05, 0) is 32.0 Å². The second-order valence-corrected chi connectivity index (χ2v) is 6.18. The van der Waals surface area contributed by atoms with Crippen LogP contribution in [0.15, 0.2) is 18.3 Å². The average Bonchev–Trinajstić information content (AvgIpc) is 3.01. The van der Waals surface area contributed by atoms with E-state index >= 15 is 0 Å². The summed E-state index contributed by atoms with van der Waals surface area (Å²) >= 11 is 0. The first-order chi connectivity index (χ1) is 12.8. The van der Waals surface area contributed by atoms with Crippen molar-refractivity contribution in [3.63, 3.8) is 0 Å². The summed E-state index contributed by atoms with van der Waals surface area (Å²) < 4.78 is 42.7. The average molecular weight is 421 g/mol. The van der Waals surface area contributed by atoms with Gasteiger partial charge in [-0.3, -0.25) is 10.1 Å². The Bertz CT molecular complexity index is 808. The van der Waals surface area contributed by atoms with E-state index in [0.717, 1.165) is 32.0 Å². The molecule has 2 aromatic heterocycles. The number of rotatable bonds is 5. The van der Waals surface area contributed by atoms with Gasteiger partial charge in [0.25, 0.3) is 5.91 Å². The lowest BCUT2D eigenvalue weighted by Gasteiger charge is -2.19. The summed E-state index contributed by atoms with van der Waals surface area (Å²) in [5, 5.41) is 10.2. The van der Waals surface area contributed by atoms with Crippen molar-refractivity contribution in [1.29, 1.82) is 0 Å². The largest absolute Gasteiger partial charge is 0.468 e. The first kappa shape index (κ1) is 21.9. The van der Waals surface area contributed by atoms with Gasteiger partial charge in [-0.15, -0.1) is 12.4 Å². The molecule has 2 N–H and O–H groups in total. The Balaban J connectivity index is 0.00000280. The van der Waals surface area contributed by atoms with Crippen LogP contribution in [0.5, 0.6) is 5.88 Å². The molecule has 0 spiro atoms. The highest BCUT2D eigenvalue weighted by Gasteiger charge is 2.29. The molecule has 0 unspecified atom stereocenters. The number of aryl methyl sites for hydroxylation is 1. The number of ether oxygens (including phenoxy) is 1. The fraction of sp³-hybridized carbons (Fsp3) is 0.500. The lowest BCUT2D eigenvalue weighted by molar-refractivity contribution is -0.154. The van der Waals surface area contributed by atoms with Gasteiger partial charge in [0.05, 0.1) is 0 Å². The summed E-state index contributed by atoms with van der Waals surface area (Å²) in [6.07, 6.45) is -1.44. The minimum atomic E-state index is -4.48. The van der Waals surface area contributed by atoms with E-state index < -0.39 is 18.7 Å². The number of carbonyl (C=O) groups excluding carboxylic acids is 1. The van der Waals surface area contributed by atoms with E-state index in [2.05, 4.69) is 30.4 Å². The SMILES string of the molecule is Cl.Cn1nc(C2CCNCC2)nc1NC(=O)c1ccnc(OCC(F)(F)F)c1. The summed E-state index contributed by atoms with van der Waals surface area (Å²) in [4.78, 5) is 20.5. The monoisotopic (exact) mass is 420 g/mol. The molecule has 8 nitrogen and oxygen atoms in total. The van der Waals surface area contributed by atoms with Crippen LogP contribution in [-0.2, 0) is 7.05 Å². The molecule has 28 heavy (non-hydrogen) atoms. The van der Waals surface area contributed by atoms with E-state index in [1.807, 2.05) is 0 Å². The van der Waals surface area contributed by atoms with Crippen molar-refractivity contribution in [3.05, 3.63) is 29.7 Å². The molecule has 0 aromatic carbocycles. The molecule has 2 aromatic rings. The molecule has 1 aliphatic heterocycles. The minimum absolute atomic E-state index is 0. The van der Waals surface area contributed by atoms with Crippen molar-refractivity contribution < 1.29 is 22.7 Å². The highest BCUT2D eigenvalue weighted by atomic mass is 35.5. The number of pyridine rings is 1. The lowest BCUT2D eigenvalue weighted by Crippen LogP contribution is -2.27. The van der Waals surface area contributed by atoms with E-state index in [1.165, 1.54) is 16.9 Å². The maximum Gasteiger partial charge on any atom is 0.422 e. The molecule has 1 saturated heterocycles. The second-order valence-electron chi connectivity index (χ2n) is 6.18. The lowest BCUT2D eigenvalue weighted by atomic mass is 9.98. The molecular weight excluding hydrogens is 401 g/mol. The Morgan fingerprint density at radius 2 is 2.11 bits per heavy atom. The van der Waals surface area contributed by atoms with Gasteiger partial charge in [0.1, 0.15) is 0 Å². The van der Waals surface area contributed by atoms with Crippen LogP contribution < -0.4 is 15.4 Å². The van der Waals surface area contributed by atoms with Crippen LogP contribution in [0.25, 0.3) is 0 Å². The number of halogens is 4. The maximum absolute atomic E-state index is 12.4. The first-order valence-corrected chi connectivity index (χ1v) is 8.40. The molecule has 0 aliphatic carbocycles. The molecule has 154 valence electrons. The van der Waals surface area contributed by atoms with Crippen molar-refractivity contribution in [1.82, 2.24) is 25.1 Å². The summed E-state index contributed by atoms with van der Waals surface area (Å²) in [6.45, 7) is 0.304. The topological polar surface area (TPSA) is 94.0 Å². The highest BCUT2D eigenvalue weighted by molar-refractivity contribution is 6.03. The quantitative estimate of drug-likeness (QED) is 0.770. The number of amides is 1. The number of hydrogen-bond donors (Lipinski definition) is 2. The zero-order valence-electron chi connectivity index (χ0n) is 15.0. The van der Waals surface area contributed by atoms with Crippen LogP contribution in [-0.4, -0.2) is 51.5 Å². The zero-order chi connectivity index (χ0) is 19.4. The third-order valence-corrected chi connectivity index (χ3v) is 4.09. The Morgan fingerprint density at radius 3 is 2.79 bits per heavy atom. The number of alkyl halides is 3. The van der Waals surface area contributed by atoms with E-state index in [4.69, 9.17) is 0 Å². The first-order valence-electron chi connectivity index (χ1n) is 8.40. The molecule has 0 bridgehead atoms. The highest BCUT2D eigenvalue weighted by Crippen LogP contribution is 2.23. The van der Waals surface area contributed by atoms with Gasteiger partial charge < -0.3 is 10.1 Å². The van der Waals surface area contributed by atoms with E-state index in [-0.39, 0.29) is 35.7 Å². The fourth-order valence-corrected chi connectivity index (χ4v) is 2.73. The maximum atomic E-state index is 12.4. The van der Waals surface area contributed by atoms with Crippen LogP contribution >= 0.6 is 12.4 Å². The number of nitrogens with one attached hydrogen (secondary N) is 2. The van der Waals surface area contributed by atoms with Crippen molar-refractivity contribution in [2.24, 2.45) is 7.05 Å². The number of anilines is 1. The predicted octanol–water partition coefficient (Wildman–Crippen LogP) is 2.29. The van der Waals surface area contributed by atoms with Crippen molar-refractivity contribution in [2.75, 3.05) is 25.0 Å². The summed E-state index contributed by atoms with van der Waals surface area (Å²) in [6, 6.07) is 2.52. The molecule has 1 fully saturated rings. The smallest absolute Gasteiger partial charge is 0.422 e. The van der Waals surface area contributed by atoms with Crippen molar-refractivity contribution in [2.45, 2.75) is 24.9 Å². The molecule has 0 atom stereocenters. The summed E-state index contributed by atoms with van der Waals surface area (Å²) in [7, 11) is 1.66. The van der Waals surface area contributed by atoms with Gasteiger partial charge in [-0.25, -0.2) is 9.67 Å². The third kappa shape index (κ3) is 5.80. The Morgan fingerprint density at radius 1 is 1.39 bits per heavy atom. The summed E-state index contributed by atoms with van der Waals surface area (Å²) in [5.74, 6) is 0.336. The van der Waals surface area contributed by atoms with Crippen LogP contribution in [0.1, 0.15) is 34.9 Å². The van der Waals surface area contributed by atoms with Gasteiger partial charge in [-0.2, -0.15) is 23.3 Å². The predicted molar refractivity (Wildman–Crippen MR) is 96.8 cm³/mol. The fourth-order valence-electron chi connectivity index (χ4n) is 2.73. The molecule has 0 saturated carbocycles. The van der Waals surface area contributed by atoms with Crippen LogP contribution in [0.3, 0.4) is 0 Å². The van der Waals surface area contributed by atoms with Gasteiger partial charge in [0.2, 0.25) is 11.8 Å². The number of aromatic nitrogens is 4. The normalized spacial score (nSPS) is 15.0. The standard InChI is InChI=1S/C16H19F3N6O2.ClH/c1-25-15(22-13(24-25)10-2-5-20-6-3-10)23-14(26)11-4-7-21-12(8-11)27-9-16(17,18)19;/h4,7-8,10,20H,2-3,5-6,9H2,1H3,(H,22,23,24,26);1H.